The molecule has 0 radical (unpaired) electrons. The number of para-hydroxylation sites is 1. The van der Waals surface area contributed by atoms with Crippen molar-refractivity contribution in [3.8, 4) is 5.69 Å². The van der Waals surface area contributed by atoms with Crippen LogP contribution in [0.1, 0.15) is 0 Å². The van der Waals surface area contributed by atoms with Gasteiger partial charge >= 0.3 is 5.69 Å². The number of rotatable bonds is 4. The molecule has 0 aliphatic rings. The molecule has 0 aliphatic carbocycles. The lowest BCUT2D eigenvalue weighted by atomic mass is 10.3. The topological polar surface area (TPSA) is 106 Å². The molecule has 9 nitrogen and oxygen atoms in total. The second kappa shape index (κ2) is 8.43. The Hall–Kier alpha value is -3.24. The Morgan fingerprint density at radius 3 is 2.44 bits per heavy atom. The molecular weight excluding hydrogens is 390 g/mol. The number of carbonyl (C=O) groups is 1. The van der Waals surface area contributed by atoms with E-state index in [0.29, 0.717) is 10.7 Å². The Balaban J connectivity index is 1.56. The van der Waals surface area contributed by atoms with E-state index in [1.54, 1.807) is 24.3 Å². The number of benzene rings is 2. The molecule has 1 amide bonds. The second-order valence-corrected chi connectivity index (χ2v) is 6.15. The number of nitrogens with one attached hydrogen (secondary N) is 3. The normalized spacial score (nSPS) is 10.3. The van der Waals surface area contributed by atoms with Crippen molar-refractivity contribution in [1.82, 2.24) is 30.6 Å². The lowest BCUT2D eigenvalue weighted by Gasteiger charge is -2.11. The SMILES string of the molecule is O=C(Cn1nnn(-c2ccc(Cl)cc2)c1=O)NNC(=S)Nc1ccccc1. The van der Waals surface area contributed by atoms with E-state index < -0.39 is 11.6 Å². The number of carbonyl (C=O) groups excluding carboxylic acids is 1. The fourth-order valence-corrected chi connectivity index (χ4v) is 2.40. The van der Waals surface area contributed by atoms with Crippen molar-refractivity contribution in [2.24, 2.45) is 0 Å². The molecule has 27 heavy (non-hydrogen) atoms. The first-order valence-electron chi connectivity index (χ1n) is 7.72. The molecule has 3 rings (SSSR count). The predicted octanol–water partition coefficient (Wildman–Crippen LogP) is 1.10. The zero-order chi connectivity index (χ0) is 19.2. The van der Waals surface area contributed by atoms with Crippen molar-refractivity contribution in [3.05, 3.63) is 70.1 Å². The van der Waals surface area contributed by atoms with Gasteiger partial charge in [-0.15, -0.1) is 0 Å². The van der Waals surface area contributed by atoms with Crippen LogP contribution in [0.25, 0.3) is 5.69 Å². The molecule has 3 aromatic rings. The summed E-state index contributed by atoms with van der Waals surface area (Å²) in [7, 11) is 0. The summed E-state index contributed by atoms with van der Waals surface area (Å²) in [5.41, 5.74) is 5.64. The summed E-state index contributed by atoms with van der Waals surface area (Å²) >= 11 is 10.9. The molecule has 0 atom stereocenters. The minimum Gasteiger partial charge on any atom is -0.331 e. The molecule has 11 heteroatoms. The van der Waals surface area contributed by atoms with E-state index >= 15 is 0 Å². The van der Waals surface area contributed by atoms with Gasteiger partial charge in [0.15, 0.2) is 5.11 Å². The van der Waals surface area contributed by atoms with E-state index in [9.17, 15) is 9.59 Å². The maximum atomic E-state index is 12.3. The molecular formula is C16H14ClN7O2S. The summed E-state index contributed by atoms with van der Waals surface area (Å²) in [4.78, 5) is 24.3. The number of hydrazine groups is 1. The smallest absolute Gasteiger partial charge is 0.331 e. The highest BCUT2D eigenvalue weighted by Gasteiger charge is 2.12. The van der Waals surface area contributed by atoms with Crippen LogP contribution in [0.4, 0.5) is 5.69 Å². The Morgan fingerprint density at radius 1 is 1.04 bits per heavy atom. The van der Waals surface area contributed by atoms with Gasteiger partial charge in [0, 0.05) is 10.7 Å². The summed E-state index contributed by atoms with van der Waals surface area (Å²) in [6.45, 7) is -0.326. The van der Waals surface area contributed by atoms with Gasteiger partial charge in [0.2, 0.25) is 0 Å². The summed E-state index contributed by atoms with van der Waals surface area (Å²) in [6, 6.07) is 15.7. The molecule has 0 aliphatic heterocycles. The van der Waals surface area contributed by atoms with Gasteiger partial charge in [-0.25, -0.2) is 4.79 Å². The molecule has 1 aromatic heterocycles. The summed E-state index contributed by atoms with van der Waals surface area (Å²) in [5, 5.41) is 11.1. The average Bonchev–Trinajstić information content (AvgIpc) is 3.02. The number of hydrogen-bond donors (Lipinski definition) is 3. The van der Waals surface area contributed by atoms with E-state index in [4.69, 9.17) is 23.8 Å². The van der Waals surface area contributed by atoms with E-state index in [1.807, 2.05) is 30.3 Å². The van der Waals surface area contributed by atoms with Gasteiger partial charge in [0.25, 0.3) is 5.91 Å². The fourth-order valence-electron chi connectivity index (χ4n) is 2.10. The summed E-state index contributed by atoms with van der Waals surface area (Å²) < 4.78 is 2.00. The average molecular weight is 404 g/mol. The highest BCUT2D eigenvalue weighted by molar-refractivity contribution is 7.80. The minimum absolute atomic E-state index is 0.201. The van der Waals surface area contributed by atoms with Crippen LogP contribution in [-0.2, 0) is 11.3 Å². The molecule has 2 aromatic carbocycles. The van der Waals surface area contributed by atoms with E-state index in [2.05, 4.69) is 26.6 Å². The molecule has 0 saturated carbocycles. The number of anilines is 1. The van der Waals surface area contributed by atoms with Crippen molar-refractivity contribution in [1.29, 1.82) is 0 Å². The van der Waals surface area contributed by atoms with Crippen LogP contribution < -0.4 is 21.9 Å². The molecule has 3 N–H and O–H groups in total. The van der Waals surface area contributed by atoms with E-state index in [1.165, 1.54) is 0 Å². The van der Waals surface area contributed by atoms with Crippen LogP contribution in [0.2, 0.25) is 5.02 Å². The number of nitrogens with zero attached hydrogens (tertiary/aromatic N) is 4. The van der Waals surface area contributed by atoms with Gasteiger partial charge in [-0.05, 0) is 59.0 Å². The van der Waals surface area contributed by atoms with Gasteiger partial charge in [0.1, 0.15) is 6.54 Å². The first-order valence-corrected chi connectivity index (χ1v) is 8.51. The lowest BCUT2D eigenvalue weighted by molar-refractivity contribution is -0.122. The van der Waals surface area contributed by atoms with Gasteiger partial charge in [-0.1, -0.05) is 29.8 Å². The third-order valence-electron chi connectivity index (χ3n) is 3.35. The van der Waals surface area contributed by atoms with E-state index in [0.717, 1.165) is 15.1 Å². The van der Waals surface area contributed by atoms with Gasteiger partial charge in [-0.3, -0.25) is 15.6 Å². The maximum absolute atomic E-state index is 12.3. The zero-order valence-electron chi connectivity index (χ0n) is 13.8. The molecule has 0 bridgehead atoms. The van der Waals surface area contributed by atoms with Crippen LogP contribution >= 0.6 is 23.8 Å². The Labute approximate surface area is 163 Å². The first kappa shape index (κ1) is 18.5. The van der Waals surface area contributed by atoms with Crippen molar-refractivity contribution in [3.63, 3.8) is 0 Å². The van der Waals surface area contributed by atoms with Crippen molar-refractivity contribution >= 4 is 40.5 Å². The lowest BCUT2D eigenvalue weighted by Crippen LogP contribution is -2.46. The number of amides is 1. The molecule has 1 heterocycles. The molecule has 0 saturated heterocycles. The van der Waals surface area contributed by atoms with Crippen LogP contribution in [0.3, 0.4) is 0 Å². The van der Waals surface area contributed by atoms with Crippen molar-refractivity contribution in [2.45, 2.75) is 6.54 Å². The number of hydrogen-bond acceptors (Lipinski definition) is 5. The highest BCUT2D eigenvalue weighted by atomic mass is 35.5. The largest absolute Gasteiger partial charge is 0.368 e. The van der Waals surface area contributed by atoms with Crippen molar-refractivity contribution < 1.29 is 4.79 Å². The number of aromatic nitrogens is 4. The molecule has 138 valence electrons. The number of thiocarbonyl (C=S) groups is 1. The minimum atomic E-state index is -0.558. The second-order valence-electron chi connectivity index (χ2n) is 5.30. The third kappa shape index (κ3) is 4.90. The summed E-state index contributed by atoms with van der Waals surface area (Å²) in [6.07, 6.45) is 0. The zero-order valence-corrected chi connectivity index (χ0v) is 15.4. The van der Waals surface area contributed by atoms with Gasteiger partial charge in [-0.2, -0.15) is 9.36 Å². The maximum Gasteiger partial charge on any atom is 0.368 e. The van der Waals surface area contributed by atoms with Gasteiger partial charge < -0.3 is 5.32 Å². The Kier molecular flexibility index (Phi) is 5.79. The van der Waals surface area contributed by atoms with Crippen LogP contribution in [0.15, 0.2) is 59.4 Å². The summed E-state index contributed by atoms with van der Waals surface area (Å²) in [5.74, 6) is -0.516. The fraction of sp³-hybridized carbons (Fsp3) is 0.0625. The van der Waals surface area contributed by atoms with Crippen LogP contribution in [0.5, 0.6) is 0 Å². The molecule has 0 spiro atoms. The third-order valence-corrected chi connectivity index (χ3v) is 3.81. The Bertz CT molecular complexity index is 1000. The monoisotopic (exact) mass is 403 g/mol. The Morgan fingerprint density at radius 2 is 1.74 bits per heavy atom. The predicted molar refractivity (Wildman–Crippen MR) is 105 cm³/mol. The van der Waals surface area contributed by atoms with E-state index in [-0.39, 0.29) is 11.7 Å². The molecule has 0 fully saturated rings. The molecule has 0 unspecified atom stereocenters. The van der Waals surface area contributed by atoms with Gasteiger partial charge in [0.05, 0.1) is 5.69 Å². The van der Waals surface area contributed by atoms with Crippen LogP contribution in [-0.4, -0.2) is 30.8 Å². The number of halogens is 1. The number of tetrazole rings is 1. The highest BCUT2D eigenvalue weighted by Crippen LogP contribution is 2.10. The van der Waals surface area contributed by atoms with Crippen molar-refractivity contribution in [2.75, 3.05) is 5.32 Å². The first-order chi connectivity index (χ1) is 13.0. The standard InChI is InChI=1S/C16H14ClN7O2S/c17-11-6-8-13(9-7-11)24-16(26)23(21-22-24)10-14(25)19-20-15(27)18-12-4-2-1-3-5-12/h1-9H,10H2,(H,19,25)(H2,18,20,27). The van der Waals surface area contributed by atoms with Crippen LogP contribution in [0, 0.1) is 0 Å². The quantitative estimate of drug-likeness (QED) is 0.442.